The first-order valence-electron chi connectivity index (χ1n) is 8.45. The van der Waals surface area contributed by atoms with Gasteiger partial charge in [-0.2, -0.15) is 5.26 Å². The fourth-order valence-electron chi connectivity index (χ4n) is 2.18. The summed E-state index contributed by atoms with van der Waals surface area (Å²) in [4.78, 5) is 12.3. The van der Waals surface area contributed by atoms with Gasteiger partial charge in [-0.1, -0.05) is 43.1 Å². The summed E-state index contributed by atoms with van der Waals surface area (Å²) in [6.07, 6.45) is 3.62. The number of aryl methyl sites for hydroxylation is 1. The number of hydrogen-bond donors (Lipinski definition) is 1. The number of hydrogen-bond acceptors (Lipinski definition) is 3. The van der Waals surface area contributed by atoms with Gasteiger partial charge in [0.25, 0.3) is 5.91 Å². The molecule has 134 valence electrons. The number of anilines is 1. The zero-order valence-electron chi connectivity index (χ0n) is 14.9. The van der Waals surface area contributed by atoms with Crippen molar-refractivity contribution in [2.24, 2.45) is 0 Å². The SMILES string of the molecule is CCCCOc1ccc(/C=C(\C#N)C(=O)Nc2ccc(C)c(Cl)c2)cc1. The van der Waals surface area contributed by atoms with Gasteiger partial charge in [-0.15, -0.1) is 0 Å². The van der Waals surface area contributed by atoms with E-state index < -0.39 is 5.91 Å². The van der Waals surface area contributed by atoms with E-state index in [9.17, 15) is 10.1 Å². The van der Waals surface area contributed by atoms with Crippen molar-refractivity contribution in [3.63, 3.8) is 0 Å². The zero-order chi connectivity index (χ0) is 18.9. The Hall–Kier alpha value is -2.77. The lowest BCUT2D eigenvalue weighted by Crippen LogP contribution is -2.13. The molecule has 0 saturated carbocycles. The Labute approximate surface area is 159 Å². The van der Waals surface area contributed by atoms with Crippen LogP contribution in [0, 0.1) is 18.3 Å². The molecule has 2 rings (SSSR count). The third kappa shape index (κ3) is 5.65. The van der Waals surface area contributed by atoms with Gasteiger partial charge in [-0.25, -0.2) is 0 Å². The highest BCUT2D eigenvalue weighted by molar-refractivity contribution is 6.31. The molecule has 0 aromatic heterocycles. The molecule has 0 unspecified atom stereocenters. The number of carbonyl (C=O) groups excluding carboxylic acids is 1. The number of ether oxygens (including phenoxy) is 1. The van der Waals surface area contributed by atoms with Crippen LogP contribution in [-0.2, 0) is 4.79 Å². The summed E-state index contributed by atoms with van der Waals surface area (Å²) in [5.41, 5.74) is 2.23. The molecule has 4 nitrogen and oxygen atoms in total. The van der Waals surface area contributed by atoms with E-state index in [2.05, 4.69) is 12.2 Å². The molecular weight excluding hydrogens is 348 g/mol. The summed E-state index contributed by atoms with van der Waals surface area (Å²) in [6.45, 7) is 4.66. The predicted octanol–water partition coefficient (Wildman–Crippen LogP) is 5.37. The van der Waals surface area contributed by atoms with E-state index in [1.807, 2.05) is 43.3 Å². The molecule has 0 atom stereocenters. The summed E-state index contributed by atoms with van der Waals surface area (Å²) in [7, 11) is 0. The predicted molar refractivity (Wildman–Crippen MR) is 105 cm³/mol. The summed E-state index contributed by atoms with van der Waals surface area (Å²) in [5, 5.41) is 12.5. The van der Waals surface area contributed by atoms with Crippen LogP contribution in [0.1, 0.15) is 30.9 Å². The van der Waals surface area contributed by atoms with Gasteiger partial charge in [0.05, 0.1) is 6.61 Å². The van der Waals surface area contributed by atoms with Crippen LogP contribution >= 0.6 is 11.6 Å². The maximum atomic E-state index is 12.3. The van der Waals surface area contributed by atoms with Crippen LogP contribution in [0.3, 0.4) is 0 Å². The van der Waals surface area contributed by atoms with Crippen LogP contribution in [0.25, 0.3) is 6.08 Å². The molecule has 1 amide bonds. The molecule has 0 bridgehead atoms. The highest BCUT2D eigenvalue weighted by Crippen LogP contribution is 2.21. The van der Waals surface area contributed by atoms with E-state index in [0.717, 1.165) is 29.7 Å². The monoisotopic (exact) mass is 368 g/mol. The lowest BCUT2D eigenvalue weighted by atomic mass is 10.1. The number of unbranched alkanes of at least 4 members (excludes halogenated alkanes) is 1. The van der Waals surface area contributed by atoms with Crippen LogP contribution < -0.4 is 10.1 Å². The molecule has 0 radical (unpaired) electrons. The number of rotatable bonds is 7. The average molecular weight is 369 g/mol. The Morgan fingerprint density at radius 2 is 2.00 bits per heavy atom. The Morgan fingerprint density at radius 1 is 1.27 bits per heavy atom. The largest absolute Gasteiger partial charge is 0.494 e. The lowest BCUT2D eigenvalue weighted by molar-refractivity contribution is -0.112. The maximum Gasteiger partial charge on any atom is 0.266 e. The molecule has 1 N–H and O–H groups in total. The van der Waals surface area contributed by atoms with Crippen LogP contribution in [0.2, 0.25) is 5.02 Å². The molecule has 0 spiro atoms. The molecule has 0 heterocycles. The molecule has 5 heteroatoms. The number of amides is 1. The van der Waals surface area contributed by atoms with Crippen LogP contribution in [-0.4, -0.2) is 12.5 Å². The summed E-state index contributed by atoms with van der Waals surface area (Å²) in [5.74, 6) is 0.295. The third-order valence-corrected chi connectivity index (χ3v) is 4.16. The molecule has 0 aliphatic rings. The maximum absolute atomic E-state index is 12.3. The average Bonchev–Trinajstić information content (AvgIpc) is 2.64. The van der Waals surface area contributed by atoms with Crippen molar-refractivity contribution >= 4 is 29.3 Å². The first-order chi connectivity index (χ1) is 12.5. The fraction of sp³-hybridized carbons (Fsp3) is 0.238. The van der Waals surface area contributed by atoms with Gasteiger partial charge < -0.3 is 10.1 Å². The standard InChI is InChI=1S/C21H21ClN2O2/c1-3-4-11-26-19-9-6-16(7-10-19)12-17(14-23)21(25)24-18-8-5-15(2)20(22)13-18/h5-10,12-13H,3-4,11H2,1-2H3,(H,24,25)/b17-12+. The van der Waals surface area contributed by atoms with E-state index in [-0.39, 0.29) is 5.57 Å². The van der Waals surface area contributed by atoms with Gasteiger partial charge >= 0.3 is 0 Å². The van der Waals surface area contributed by atoms with E-state index in [0.29, 0.717) is 17.3 Å². The highest BCUT2D eigenvalue weighted by atomic mass is 35.5. The molecule has 0 fully saturated rings. The number of nitrogens with one attached hydrogen (secondary N) is 1. The molecule has 2 aromatic rings. The minimum Gasteiger partial charge on any atom is -0.494 e. The van der Waals surface area contributed by atoms with Gasteiger partial charge in [0.2, 0.25) is 0 Å². The summed E-state index contributed by atoms with van der Waals surface area (Å²) in [6, 6.07) is 14.4. The zero-order valence-corrected chi connectivity index (χ0v) is 15.6. The van der Waals surface area contributed by atoms with Crippen LogP contribution in [0.4, 0.5) is 5.69 Å². The van der Waals surface area contributed by atoms with Crippen molar-refractivity contribution < 1.29 is 9.53 Å². The second-order valence-corrected chi connectivity index (χ2v) is 6.27. The van der Waals surface area contributed by atoms with Crippen molar-refractivity contribution in [3.05, 3.63) is 64.2 Å². The van der Waals surface area contributed by atoms with Gasteiger partial charge in [0.1, 0.15) is 17.4 Å². The fourth-order valence-corrected chi connectivity index (χ4v) is 2.36. The minimum atomic E-state index is -0.476. The van der Waals surface area contributed by atoms with E-state index in [4.69, 9.17) is 16.3 Å². The first kappa shape index (κ1) is 19.6. The second kappa shape index (κ2) is 9.65. The van der Waals surface area contributed by atoms with Crippen molar-refractivity contribution in [1.82, 2.24) is 0 Å². The van der Waals surface area contributed by atoms with Gasteiger partial charge in [-0.3, -0.25) is 4.79 Å². The van der Waals surface area contributed by atoms with E-state index >= 15 is 0 Å². The highest BCUT2D eigenvalue weighted by Gasteiger charge is 2.10. The van der Waals surface area contributed by atoms with Crippen LogP contribution in [0.15, 0.2) is 48.0 Å². The number of benzene rings is 2. The van der Waals surface area contributed by atoms with E-state index in [1.54, 1.807) is 18.2 Å². The van der Waals surface area contributed by atoms with Crippen molar-refractivity contribution in [2.45, 2.75) is 26.7 Å². The number of carbonyl (C=O) groups is 1. The minimum absolute atomic E-state index is 0.0151. The molecule has 0 aliphatic heterocycles. The Morgan fingerprint density at radius 3 is 2.62 bits per heavy atom. The normalized spacial score (nSPS) is 10.9. The summed E-state index contributed by atoms with van der Waals surface area (Å²) >= 11 is 6.06. The van der Waals surface area contributed by atoms with E-state index in [1.165, 1.54) is 0 Å². The Balaban J connectivity index is 2.07. The number of nitrogens with zero attached hydrogens (tertiary/aromatic N) is 1. The van der Waals surface area contributed by atoms with Gasteiger partial charge in [-0.05, 0) is 54.8 Å². The summed E-state index contributed by atoms with van der Waals surface area (Å²) < 4.78 is 5.60. The Bertz CT molecular complexity index is 836. The van der Waals surface area contributed by atoms with Gasteiger partial charge in [0.15, 0.2) is 0 Å². The second-order valence-electron chi connectivity index (χ2n) is 5.86. The van der Waals surface area contributed by atoms with Crippen molar-refractivity contribution in [2.75, 3.05) is 11.9 Å². The molecule has 0 aliphatic carbocycles. The van der Waals surface area contributed by atoms with Crippen LogP contribution in [0.5, 0.6) is 5.75 Å². The topological polar surface area (TPSA) is 62.1 Å². The first-order valence-corrected chi connectivity index (χ1v) is 8.83. The Kier molecular flexibility index (Phi) is 7.25. The molecule has 26 heavy (non-hydrogen) atoms. The van der Waals surface area contributed by atoms with Crippen molar-refractivity contribution in [1.29, 1.82) is 5.26 Å². The third-order valence-electron chi connectivity index (χ3n) is 3.75. The van der Waals surface area contributed by atoms with Crippen molar-refractivity contribution in [3.8, 4) is 11.8 Å². The molecule has 2 aromatic carbocycles. The van der Waals surface area contributed by atoms with Gasteiger partial charge in [0, 0.05) is 10.7 Å². The quantitative estimate of drug-likeness (QED) is 0.405. The smallest absolute Gasteiger partial charge is 0.266 e. The lowest BCUT2D eigenvalue weighted by Gasteiger charge is -2.07. The number of halogens is 1. The molecular formula is C21H21ClN2O2. The number of nitriles is 1. The molecule has 0 saturated heterocycles.